The number of carbonyl (C=O) groups excluding carboxylic acids is 3. The minimum Gasteiger partial charge on any atom is -0.389 e. The third-order valence-electron chi connectivity index (χ3n) is 4.97. The number of hydrogen-bond donors (Lipinski definition) is 4. The molecule has 0 spiro atoms. The van der Waals surface area contributed by atoms with E-state index in [2.05, 4.69) is 10.6 Å². The molecule has 0 fully saturated rings. The van der Waals surface area contributed by atoms with Crippen LogP contribution in [0.2, 0.25) is 0 Å². The molecule has 0 aromatic heterocycles. The van der Waals surface area contributed by atoms with Crippen LogP contribution in [-0.4, -0.2) is 22.8 Å². The van der Waals surface area contributed by atoms with Gasteiger partial charge in [0.2, 0.25) is 5.91 Å². The van der Waals surface area contributed by atoms with E-state index in [0.717, 1.165) is 11.1 Å². The maximum atomic E-state index is 12.4. The lowest BCUT2D eigenvalue weighted by Crippen LogP contribution is -2.24. The lowest BCUT2D eigenvalue weighted by molar-refractivity contribution is 0.0942. The fourth-order valence-electron chi connectivity index (χ4n) is 3.10. The van der Waals surface area contributed by atoms with E-state index in [0.29, 0.717) is 29.8 Å². The minimum atomic E-state index is -0.636. The van der Waals surface area contributed by atoms with E-state index in [4.69, 9.17) is 5.73 Å². The Bertz CT molecular complexity index is 1120. The number of amides is 3. The number of rotatable bonds is 8. The summed E-state index contributed by atoms with van der Waals surface area (Å²) in [5.74, 6) is -1.11. The largest absolute Gasteiger partial charge is 0.389 e. The van der Waals surface area contributed by atoms with Crippen molar-refractivity contribution in [2.24, 2.45) is 5.73 Å². The molecule has 3 aromatic rings. The standard InChI is InChI=1S/C25H25N3O4/c1-16(29)19-4-2-6-21(12-19)24(31)27-14-17-8-10-18(11-9-17)15-28-25(32)22-7-3-5-20(13-22)23(26)30/h2-13,16,29H,14-15H2,1H3,(H2,26,30)(H,27,31)(H,28,32). The summed E-state index contributed by atoms with van der Waals surface area (Å²) in [5.41, 5.74) is 8.87. The molecule has 3 rings (SSSR count). The van der Waals surface area contributed by atoms with Crippen LogP contribution in [0.1, 0.15) is 60.8 Å². The molecule has 0 radical (unpaired) electrons. The first kappa shape index (κ1) is 22.7. The summed E-state index contributed by atoms with van der Waals surface area (Å²) < 4.78 is 0. The average molecular weight is 431 g/mol. The zero-order valence-electron chi connectivity index (χ0n) is 17.7. The average Bonchev–Trinajstić information content (AvgIpc) is 2.81. The molecule has 0 aliphatic heterocycles. The predicted molar refractivity (Wildman–Crippen MR) is 121 cm³/mol. The molecule has 5 N–H and O–H groups in total. The van der Waals surface area contributed by atoms with Crippen molar-refractivity contribution in [2.45, 2.75) is 26.1 Å². The van der Waals surface area contributed by atoms with Crippen LogP contribution < -0.4 is 16.4 Å². The summed E-state index contributed by atoms with van der Waals surface area (Å²) in [7, 11) is 0. The number of carbonyl (C=O) groups is 3. The first-order valence-electron chi connectivity index (χ1n) is 10.2. The molecule has 0 heterocycles. The van der Waals surface area contributed by atoms with Crippen molar-refractivity contribution >= 4 is 17.7 Å². The van der Waals surface area contributed by atoms with Gasteiger partial charge in [0.1, 0.15) is 0 Å². The second-order valence-electron chi connectivity index (χ2n) is 7.43. The highest BCUT2D eigenvalue weighted by atomic mass is 16.3. The van der Waals surface area contributed by atoms with E-state index in [1.165, 1.54) is 6.07 Å². The molecule has 0 aliphatic carbocycles. The smallest absolute Gasteiger partial charge is 0.251 e. The number of nitrogens with one attached hydrogen (secondary N) is 2. The third-order valence-corrected chi connectivity index (χ3v) is 4.97. The fraction of sp³-hybridized carbons (Fsp3) is 0.160. The van der Waals surface area contributed by atoms with Gasteiger partial charge in [-0.2, -0.15) is 0 Å². The normalized spacial score (nSPS) is 11.4. The molecule has 3 amide bonds. The molecule has 32 heavy (non-hydrogen) atoms. The summed E-state index contributed by atoms with van der Waals surface area (Å²) in [6.07, 6.45) is -0.636. The van der Waals surface area contributed by atoms with E-state index in [-0.39, 0.29) is 17.4 Å². The Labute approximate surface area is 186 Å². The summed E-state index contributed by atoms with van der Waals surface area (Å²) >= 11 is 0. The summed E-state index contributed by atoms with van der Waals surface area (Å²) in [4.78, 5) is 35.9. The molecule has 1 unspecified atom stereocenters. The second kappa shape index (κ2) is 10.4. The molecule has 7 heteroatoms. The molecule has 0 bridgehead atoms. The zero-order chi connectivity index (χ0) is 23.1. The monoisotopic (exact) mass is 431 g/mol. The third kappa shape index (κ3) is 6.02. The lowest BCUT2D eigenvalue weighted by Gasteiger charge is -2.10. The Balaban J connectivity index is 1.52. The van der Waals surface area contributed by atoms with Gasteiger partial charge in [-0.3, -0.25) is 14.4 Å². The SMILES string of the molecule is CC(O)c1cccc(C(=O)NCc2ccc(CNC(=O)c3cccc(C(N)=O)c3)cc2)c1. The number of nitrogens with two attached hydrogens (primary N) is 1. The van der Waals surface area contributed by atoms with Gasteiger partial charge in [-0.25, -0.2) is 0 Å². The van der Waals surface area contributed by atoms with Crippen LogP contribution in [0.25, 0.3) is 0 Å². The van der Waals surface area contributed by atoms with Crippen LogP contribution in [0.3, 0.4) is 0 Å². The summed E-state index contributed by atoms with van der Waals surface area (Å²) in [6.45, 7) is 2.32. The zero-order valence-corrected chi connectivity index (χ0v) is 17.7. The van der Waals surface area contributed by atoms with Crippen molar-refractivity contribution in [3.05, 3.63) is 106 Å². The number of primary amides is 1. The minimum absolute atomic E-state index is 0.220. The Morgan fingerprint density at radius 1 is 0.781 bits per heavy atom. The van der Waals surface area contributed by atoms with Gasteiger partial charge in [-0.05, 0) is 53.9 Å². The van der Waals surface area contributed by atoms with E-state index < -0.39 is 12.0 Å². The lowest BCUT2D eigenvalue weighted by atomic mass is 10.1. The highest BCUT2D eigenvalue weighted by Gasteiger charge is 2.10. The van der Waals surface area contributed by atoms with Gasteiger partial charge < -0.3 is 21.5 Å². The molecule has 3 aromatic carbocycles. The topological polar surface area (TPSA) is 122 Å². The molecule has 0 saturated heterocycles. The molecule has 1 atom stereocenters. The Morgan fingerprint density at radius 3 is 1.75 bits per heavy atom. The molecule has 164 valence electrons. The van der Waals surface area contributed by atoms with Crippen molar-refractivity contribution in [1.82, 2.24) is 10.6 Å². The Hall–Kier alpha value is -3.97. The Kier molecular flexibility index (Phi) is 7.36. The van der Waals surface area contributed by atoms with Gasteiger partial charge in [-0.15, -0.1) is 0 Å². The molecular weight excluding hydrogens is 406 g/mol. The maximum absolute atomic E-state index is 12.4. The first-order valence-corrected chi connectivity index (χ1v) is 10.2. The number of benzene rings is 3. The second-order valence-corrected chi connectivity index (χ2v) is 7.43. The van der Waals surface area contributed by atoms with Gasteiger partial charge in [-0.1, -0.05) is 42.5 Å². The van der Waals surface area contributed by atoms with Crippen LogP contribution in [0.15, 0.2) is 72.8 Å². The quantitative estimate of drug-likeness (QED) is 0.438. The van der Waals surface area contributed by atoms with Crippen molar-refractivity contribution in [3.63, 3.8) is 0 Å². The first-order chi connectivity index (χ1) is 15.3. The van der Waals surface area contributed by atoms with Gasteiger partial charge >= 0.3 is 0 Å². The van der Waals surface area contributed by atoms with E-state index in [1.54, 1.807) is 49.4 Å². The van der Waals surface area contributed by atoms with Crippen molar-refractivity contribution in [1.29, 1.82) is 0 Å². The Morgan fingerprint density at radius 2 is 1.25 bits per heavy atom. The highest BCUT2D eigenvalue weighted by Crippen LogP contribution is 2.14. The van der Waals surface area contributed by atoms with E-state index >= 15 is 0 Å². The number of hydrogen-bond acceptors (Lipinski definition) is 4. The van der Waals surface area contributed by atoms with Gasteiger partial charge in [0.15, 0.2) is 0 Å². The van der Waals surface area contributed by atoms with Gasteiger partial charge in [0.25, 0.3) is 11.8 Å². The fourth-order valence-corrected chi connectivity index (χ4v) is 3.10. The molecule has 7 nitrogen and oxygen atoms in total. The van der Waals surface area contributed by atoms with Crippen LogP contribution >= 0.6 is 0 Å². The summed E-state index contributed by atoms with van der Waals surface area (Å²) in [5, 5.41) is 15.3. The maximum Gasteiger partial charge on any atom is 0.251 e. The van der Waals surface area contributed by atoms with E-state index in [1.807, 2.05) is 24.3 Å². The molecular formula is C25H25N3O4. The van der Waals surface area contributed by atoms with E-state index in [9.17, 15) is 19.5 Å². The van der Waals surface area contributed by atoms with Crippen molar-refractivity contribution in [2.75, 3.05) is 0 Å². The number of aliphatic hydroxyl groups is 1. The van der Waals surface area contributed by atoms with Crippen LogP contribution in [-0.2, 0) is 13.1 Å². The number of aliphatic hydroxyl groups excluding tert-OH is 1. The van der Waals surface area contributed by atoms with Gasteiger partial charge in [0.05, 0.1) is 6.10 Å². The van der Waals surface area contributed by atoms with Crippen LogP contribution in [0.5, 0.6) is 0 Å². The molecule has 0 saturated carbocycles. The van der Waals surface area contributed by atoms with Crippen LogP contribution in [0, 0.1) is 0 Å². The highest BCUT2D eigenvalue weighted by molar-refractivity contribution is 5.99. The van der Waals surface area contributed by atoms with Crippen molar-refractivity contribution < 1.29 is 19.5 Å². The van der Waals surface area contributed by atoms with Crippen LogP contribution in [0.4, 0.5) is 0 Å². The molecule has 0 aliphatic rings. The van der Waals surface area contributed by atoms with Crippen molar-refractivity contribution in [3.8, 4) is 0 Å². The predicted octanol–water partition coefficient (Wildman–Crippen LogP) is 2.70. The summed E-state index contributed by atoms with van der Waals surface area (Å²) in [6, 6.07) is 20.6. The van der Waals surface area contributed by atoms with Gasteiger partial charge in [0, 0.05) is 29.8 Å².